The van der Waals surface area contributed by atoms with Gasteiger partial charge in [-0.3, -0.25) is 14.9 Å². The van der Waals surface area contributed by atoms with E-state index in [2.05, 4.69) is 5.32 Å². The van der Waals surface area contributed by atoms with Crippen molar-refractivity contribution in [2.45, 2.75) is 43.9 Å². The van der Waals surface area contributed by atoms with Gasteiger partial charge in [0.2, 0.25) is 15.9 Å². The number of benzene rings is 1. The average Bonchev–Trinajstić information content (AvgIpc) is 2.95. The van der Waals surface area contributed by atoms with Gasteiger partial charge in [-0.2, -0.15) is 4.31 Å². The highest BCUT2D eigenvalue weighted by Gasteiger charge is 2.29. The van der Waals surface area contributed by atoms with Gasteiger partial charge >= 0.3 is 0 Å². The number of nitro groups is 1. The highest BCUT2D eigenvalue weighted by atomic mass is 32.2. The first kappa shape index (κ1) is 22.1. The number of likely N-dealkylation sites (N-methyl/N-ethyl adjacent to an activating group) is 1. The van der Waals surface area contributed by atoms with Gasteiger partial charge in [0.05, 0.1) is 16.4 Å². The van der Waals surface area contributed by atoms with Crippen LogP contribution in [0.1, 0.15) is 39.0 Å². The Morgan fingerprint density at radius 3 is 2.46 bits per heavy atom. The molecule has 28 heavy (non-hydrogen) atoms. The first-order chi connectivity index (χ1) is 13.3. The fourth-order valence-electron chi connectivity index (χ4n) is 3.18. The molecule has 1 aromatic rings. The van der Waals surface area contributed by atoms with Crippen LogP contribution in [-0.2, 0) is 14.8 Å². The number of carbonyl (C=O) groups is 1. The molecule has 1 aromatic carbocycles. The molecule has 1 N–H and O–H groups in total. The van der Waals surface area contributed by atoms with Crippen LogP contribution in [0.5, 0.6) is 0 Å². The molecule has 10 heteroatoms. The molecule has 0 bridgehead atoms. The molecule has 0 saturated carbocycles. The number of amides is 1. The Kier molecular flexibility index (Phi) is 7.76. The normalized spacial score (nSPS) is 15.6. The van der Waals surface area contributed by atoms with Gasteiger partial charge in [0, 0.05) is 32.7 Å². The predicted molar refractivity (Wildman–Crippen MR) is 107 cm³/mol. The minimum absolute atomic E-state index is 0.0565. The van der Waals surface area contributed by atoms with E-state index < -0.39 is 14.9 Å². The zero-order chi connectivity index (χ0) is 20.7. The molecule has 1 aliphatic rings. The molecule has 0 spiro atoms. The van der Waals surface area contributed by atoms with E-state index in [1.807, 2.05) is 6.92 Å². The van der Waals surface area contributed by atoms with E-state index >= 15 is 0 Å². The van der Waals surface area contributed by atoms with Crippen LogP contribution in [0, 0.1) is 10.1 Å². The van der Waals surface area contributed by atoms with Crippen molar-refractivity contribution in [1.82, 2.24) is 9.62 Å². The summed E-state index contributed by atoms with van der Waals surface area (Å²) < 4.78 is 27.2. The standard InChI is InChI=1S/C18H28N4O5S/c1-3-10-19-18(23)14-20(2)16-9-8-15(13-17(16)22(24)25)28(26,27)21-11-6-4-5-7-12-21/h8-9,13H,3-7,10-12,14H2,1-2H3,(H,19,23). The number of hydrogen-bond acceptors (Lipinski definition) is 6. The van der Waals surface area contributed by atoms with E-state index in [9.17, 15) is 23.3 Å². The van der Waals surface area contributed by atoms with E-state index in [1.165, 1.54) is 21.3 Å². The minimum atomic E-state index is -3.79. The van der Waals surface area contributed by atoms with Gasteiger partial charge in [-0.05, 0) is 31.4 Å². The van der Waals surface area contributed by atoms with Crippen LogP contribution in [-0.4, -0.2) is 56.8 Å². The van der Waals surface area contributed by atoms with Crippen LogP contribution < -0.4 is 10.2 Å². The third kappa shape index (κ3) is 5.41. The topological polar surface area (TPSA) is 113 Å². The van der Waals surface area contributed by atoms with Gasteiger partial charge in [-0.25, -0.2) is 8.42 Å². The first-order valence-electron chi connectivity index (χ1n) is 9.53. The monoisotopic (exact) mass is 412 g/mol. The lowest BCUT2D eigenvalue weighted by atomic mass is 10.2. The second-order valence-electron chi connectivity index (χ2n) is 6.93. The average molecular weight is 413 g/mol. The largest absolute Gasteiger partial charge is 0.360 e. The molecule has 0 aliphatic carbocycles. The molecule has 1 heterocycles. The van der Waals surface area contributed by atoms with Crippen molar-refractivity contribution in [1.29, 1.82) is 0 Å². The molecule has 1 fully saturated rings. The number of nitrogens with zero attached hydrogens (tertiary/aromatic N) is 3. The minimum Gasteiger partial charge on any atom is -0.360 e. The lowest BCUT2D eigenvalue weighted by molar-refractivity contribution is -0.384. The number of hydrogen-bond donors (Lipinski definition) is 1. The van der Waals surface area contributed by atoms with Crippen LogP contribution in [0.2, 0.25) is 0 Å². The Hall–Kier alpha value is -2.20. The third-order valence-electron chi connectivity index (χ3n) is 4.71. The van der Waals surface area contributed by atoms with Gasteiger partial charge in [0.1, 0.15) is 5.69 Å². The summed E-state index contributed by atoms with van der Waals surface area (Å²) in [6.07, 6.45) is 4.33. The van der Waals surface area contributed by atoms with Gasteiger partial charge in [0.15, 0.2) is 0 Å². The van der Waals surface area contributed by atoms with Crippen molar-refractivity contribution in [3.63, 3.8) is 0 Å². The Bertz CT molecular complexity index is 804. The zero-order valence-corrected chi connectivity index (χ0v) is 17.2. The Balaban J connectivity index is 2.29. The second-order valence-corrected chi connectivity index (χ2v) is 8.87. The van der Waals surface area contributed by atoms with Gasteiger partial charge in [0.25, 0.3) is 5.69 Å². The van der Waals surface area contributed by atoms with E-state index in [0.717, 1.165) is 38.2 Å². The number of anilines is 1. The molecule has 156 valence electrons. The predicted octanol–water partition coefficient (Wildman–Crippen LogP) is 2.12. The Morgan fingerprint density at radius 2 is 1.89 bits per heavy atom. The molecule has 9 nitrogen and oxygen atoms in total. The van der Waals surface area contributed by atoms with Crippen LogP contribution in [0.4, 0.5) is 11.4 Å². The molecule has 2 rings (SSSR count). The number of nitrogens with one attached hydrogen (secondary N) is 1. The number of nitro benzene ring substituents is 1. The first-order valence-corrected chi connectivity index (χ1v) is 11.0. The number of rotatable bonds is 8. The van der Waals surface area contributed by atoms with E-state index in [4.69, 9.17) is 0 Å². The summed E-state index contributed by atoms with van der Waals surface area (Å²) in [5.41, 5.74) is -0.131. The maximum atomic E-state index is 12.9. The van der Waals surface area contributed by atoms with Crippen molar-refractivity contribution in [3.8, 4) is 0 Å². The molecule has 0 unspecified atom stereocenters. The van der Waals surface area contributed by atoms with Crippen molar-refractivity contribution >= 4 is 27.3 Å². The molecule has 0 aromatic heterocycles. The fraction of sp³-hybridized carbons (Fsp3) is 0.611. The van der Waals surface area contributed by atoms with Crippen LogP contribution in [0.25, 0.3) is 0 Å². The van der Waals surface area contributed by atoms with Crippen LogP contribution in [0.15, 0.2) is 23.1 Å². The fourth-order valence-corrected chi connectivity index (χ4v) is 4.72. The highest BCUT2D eigenvalue weighted by Crippen LogP contribution is 2.31. The van der Waals surface area contributed by atoms with E-state index in [-0.39, 0.29) is 28.7 Å². The van der Waals surface area contributed by atoms with Crippen molar-refractivity contribution in [2.75, 3.05) is 38.1 Å². The molecule has 0 radical (unpaired) electrons. The van der Waals surface area contributed by atoms with Crippen molar-refractivity contribution in [2.24, 2.45) is 0 Å². The van der Waals surface area contributed by atoms with Crippen LogP contribution in [0.3, 0.4) is 0 Å². The van der Waals surface area contributed by atoms with Crippen LogP contribution >= 0.6 is 0 Å². The summed E-state index contributed by atoms with van der Waals surface area (Å²) in [5.74, 6) is -0.250. The second kappa shape index (κ2) is 9.83. The summed E-state index contributed by atoms with van der Waals surface area (Å²) in [4.78, 5) is 24.2. The molecule has 1 aliphatic heterocycles. The van der Waals surface area contributed by atoms with Crippen molar-refractivity contribution < 1.29 is 18.1 Å². The maximum Gasteiger partial charge on any atom is 0.293 e. The lowest BCUT2D eigenvalue weighted by Gasteiger charge is -2.22. The van der Waals surface area contributed by atoms with Gasteiger partial charge < -0.3 is 10.2 Å². The zero-order valence-electron chi connectivity index (χ0n) is 16.4. The molecule has 0 atom stereocenters. The summed E-state index contributed by atoms with van der Waals surface area (Å²) in [7, 11) is -2.22. The highest BCUT2D eigenvalue weighted by molar-refractivity contribution is 7.89. The summed E-state index contributed by atoms with van der Waals surface area (Å²) in [6, 6.07) is 3.87. The summed E-state index contributed by atoms with van der Waals surface area (Å²) >= 11 is 0. The Labute approximate surface area is 165 Å². The molecule has 1 amide bonds. The summed E-state index contributed by atoms with van der Waals surface area (Å²) in [5, 5.41) is 14.3. The third-order valence-corrected chi connectivity index (χ3v) is 6.61. The van der Waals surface area contributed by atoms with Gasteiger partial charge in [-0.15, -0.1) is 0 Å². The Morgan fingerprint density at radius 1 is 1.25 bits per heavy atom. The quantitative estimate of drug-likeness (QED) is 0.517. The lowest BCUT2D eigenvalue weighted by Crippen LogP contribution is -2.35. The maximum absolute atomic E-state index is 12.9. The molecule has 1 saturated heterocycles. The van der Waals surface area contributed by atoms with E-state index in [0.29, 0.717) is 19.6 Å². The summed E-state index contributed by atoms with van der Waals surface area (Å²) in [6.45, 7) is 3.25. The van der Waals surface area contributed by atoms with Crippen molar-refractivity contribution in [3.05, 3.63) is 28.3 Å². The molecular formula is C18H28N4O5S. The van der Waals surface area contributed by atoms with Gasteiger partial charge in [-0.1, -0.05) is 19.8 Å². The molecular weight excluding hydrogens is 384 g/mol. The smallest absolute Gasteiger partial charge is 0.293 e. The van der Waals surface area contributed by atoms with E-state index in [1.54, 1.807) is 7.05 Å². The number of sulfonamides is 1. The SMILES string of the molecule is CCCNC(=O)CN(C)c1ccc(S(=O)(=O)N2CCCCCC2)cc1[N+](=O)[O-]. The number of carbonyl (C=O) groups excluding carboxylic acids is 1.